The van der Waals surface area contributed by atoms with E-state index in [1.54, 1.807) is 18.2 Å². The van der Waals surface area contributed by atoms with E-state index in [-0.39, 0.29) is 16.6 Å². The summed E-state index contributed by atoms with van der Waals surface area (Å²) >= 11 is 0. The van der Waals surface area contributed by atoms with Crippen LogP contribution in [-0.2, 0) is 15.6 Å². The summed E-state index contributed by atoms with van der Waals surface area (Å²) in [5.41, 5.74) is 3.69. The predicted molar refractivity (Wildman–Crippen MR) is 127 cm³/mol. The fraction of sp³-hybridized carbons (Fsp3) is 0.480. The topological polar surface area (TPSA) is 80.5 Å². The second kappa shape index (κ2) is 8.54. The van der Waals surface area contributed by atoms with E-state index < -0.39 is 5.97 Å². The van der Waals surface area contributed by atoms with Gasteiger partial charge in [0.05, 0.1) is 5.56 Å². The maximum absolute atomic E-state index is 12.4. The Hall–Kier alpha value is -2.93. The number of carbonyl (C=O) groups is 1. The number of likely N-dealkylation sites (N-methyl/N-ethyl adjacent to an activating group) is 1. The molecule has 32 heavy (non-hydrogen) atoms. The van der Waals surface area contributed by atoms with Crippen molar-refractivity contribution in [3.8, 4) is 11.4 Å². The van der Waals surface area contributed by atoms with E-state index in [9.17, 15) is 9.90 Å². The highest BCUT2D eigenvalue weighted by Crippen LogP contribution is 2.39. The molecule has 0 radical (unpaired) electrons. The quantitative estimate of drug-likeness (QED) is 0.593. The Morgan fingerprint density at radius 2 is 1.66 bits per heavy atom. The van der Waals surface area contributed by atoms with Gasteiger partial charge in [-0.3, -0.25) is 0 Å². The third-order valence-electron chi connectivity index (χ3n) is 5.37. The van der Waals surface area contributed by atoms with Crippen molar-refractivity contribution in [1.29, 1.82) is 0 Å². The molecule has 3 rings (SSSR count). The highest BCUT2D eigenvalue weighted by molar-refractivity contribution is 5.93. The molecule has 0 aliphatic rings. The molecule has 0 fully saturated rings. The predicted octanol–water partition coefficient (Wildman–Crippen LogP) is 4.44. The summed E-state index contributed by atoms with van der Waals surface area (Å²) in [6, 6.07) is 9.10. The molecule has 172 valence electrons. The lowest BCUT2D eigenvalue weighted by atomic mass is 9.80. The molecule has 0 aliphatic heterocycles. The molecule has 2 aromatic carbocycles. The Kier molecular flexibility index (Phi) is 6.33. The number of carbonyl (C=O) groups excluding carboxylic acids is 1. The molecular weight excluding hydrogens is 404 g/mol. The van der Waals surface area contributed by atoms with Gasteiger partial charge in [0.25, 0.3) is 0 Å². The number of aromatic nitrogens is 3. The van der Waals surface area contributed by atoms with E-state index in [0.717, 1.165) is 11.1 Å². The van der Waals surface area contributed by atoms with Crippen LogP contribution < -0.4 is 0 Å². The molecule has 1 aromatic heterocycles. The van der Waals surface area contributed by atoms with E-state index in [1.807, 2.05) is 25.1 Å². The van der Waals surface area contributed by atoms with Crippen molar-refractivity contribution in [2.45, 2.75) is 52.4 Å². The molecular formula is C25H34N4O3. The van der Waals surface area contributed by atoms with E-state index in [4.69, 9.17) is 4.74 Å². The van der Waals surface area contributed by atoms with Crippen LogP contribution >= 0.6 is 0 Å². The lowest BCUT2D eigenvalue weighted by molar-refractivity contribution is 0.0482. The normalized spacial score (nSPS) is 12.5. The van der Waals surface area contributed by atoms with Crippen LogP contribution in [-0.4, -0.2) is 58.2 Å². The number of hydrogen-bond donors (Lipinski definition) is 1. The van der Waals surface area contributed by atoms with E-state index in [0.29, 0.717) is 35.4 Å². The lowest BCUT2D eigenvalue weighted by Gasteiger charge is -2.27. The van der Waals surface area contributed by atoms with E-state index in [2.05, 4.69) is 57.8 Å². The van der Waals surface area contributed by atoms with Crippen molar-refractivity contribution < 1.29 is 14.6 Å². The van der Waals surface area contributed by atoms with Gasteiger partial charge in [0, 0.05) is 12.1 Å². The van der Waals surface area contributed by atoms with Crippen LogP contribution in [0.15, 0.2) is 30.3 Å². The molecule has 0 saturated carbocycles. The zero-order valence-electron chi connectivity index (χ0n) is 20.4. The van der Waals surface area contributed by atoms with Gasteiger partial charge in [-0.25, -0.2) is 4.79 Å². The van der Waals surface area contributed by atoms with Crippen molar-refractivity contribution in [2.24, 2.45) is 0 Å². The Morgan fingerprint density at radius 3 is 2.25 bits per heavy atom. The first kappa shape index (κ1) is 23.7. The van der Waals surface area contributed by atoms with Crippen LogP contribution in [0.5, 0.6) is 5.75 Å². The number of esters is 1. The molecule has 0 unspecified atom stereocenters. The van der Waals surface area contributed by atoms with Crippen molar-refractivity contribution in [3.05, 3.63) is 47.0 Å². The summed E-state index contributed by atoms with van der Waals surface area (Å²) < 4.78 is 5.33. The zero-order chi connectivity index (χ0) is 23.8. The molecule has 0 atom stereocenters. The SMILES string of the molecule is CN(C)CCOC(=O)c1ccc2nn(-c3cc(C(C)(C)C)cc(C(C)(C)C)c3O)nc2c1. The Balaban J connectivity index is 2.03. The van der Waals surface area contributed by atoms with Crippen molar-refractivity contribution >= 4 is 17.0 Å². The molecule has 3 aromatic rings. The summed E-state index contributed by atoms with van der Waals surface area (Å²) in [6.45, 7) is 13.6. The molecule has 7 nitrogen and oxygen atoms in total. The second-order valence-electron chi connectivity index (χ2n) is 10.5. The van der Waals surface area contributed by atoms with Gasteiger partial charge in [0.15, 0.2) is 0 Å². The number of hydrogen-bond acceptors (Lipinski definition) is 6. The van der Waals surface area contributed by atoms with Gasteiger partial charge in [0.1, 0.15) is 29.1 Å². The minimum Gasteiger partial charge on any atom is -0.505 e. The van der Waals surface area contributed by atoms with Crippen molar-refractivity contribution in [2.75, 3.05) is 27.2 Å². The molecule has 0 aliphatic carbocycles. The smallest absolute Gasteiger partial charge is 0.338 e. The number of aromatic hydroxyl groups is 1. The molecule has 1 N–H and O–H groups in total. The Bertz CT molecular complexity index is 1130. The largest absolute Gasteiger partial charge is 0.505 e. The lowest BCUT2D eigenvalue weighted by Crippen LogP contribution is -2.20. The first-order valence-corrected chi connectivity index (χ1v) is 10.8. The summed E-state index contributed by atoms with van der Waals surface area (Å²) in [6.07, 6.45) is 0. The van der Waals surface area contributed by atoms with Gasteiger partial charge in [-0.05, 0) is 54.8 Å². The number of ether oxygens (including phenoxy) is 1. The van der Waals surface area contributed by atoms with Crippen LogP contribution in [0.25, 0.3) is 16.7 Å². The third kappa shape index (κ3) is 5.10. The van der Waals surface area contributed by atoms with Gasteiger partial charge in [-0.1, -0.05) is 47.6 Å². The first-order chi connectivity index (χ1) is 14.8. The first-order valence-electron chi connectivity index (χ1n) is 10.8. The van der Waals surface area contributed by atoms with Gasteiger partial charge < -0.3 is 14.7 Å². The number of phenolic OH excluding ortho intramolecular Hbond substituents is 1. The summed E-state index contributed by atoms with van der Waals surface area (Å²) in [7, 11) is 3.85. The van der Waals surface area contributed by atoms with Gasteiger partial charge in [0.2, 0.25) is 0 Å². The average Bonchev–Trinajstić information content (AvgIpc) is 3.08. The molecule has 0 spiro atoms. The van der Waals surface area contributed by atoms with Gasteiger partial charge in [-0.2, -0.15) is 0 Å². The minimum absolute atomic E-state index is 0.113. The van der Waals surface area contributed by atoms with E-state index in [1.165, 1.54) is 4.80 Å². The monoisotopic (exact) mass is 438 g/mol. The molecule has 0 saturated heterocycles. The summed E-state index contributed by atoms with van der Waals surface area (Å²) in [5, 5.41) is 20.2. The fourth-order valence-electron chi connectivity index (χ4n) is 3.33. The molecule has 0 bridgehead atoms. The number of fused-ring (bicyclic) bond motifs is 1. The maximum atomic E-state index is 12.4. The zero-order valence-corrected chi connectivity index (χ0v) is 20.4. The van der Waals surface area contributed by atoms with Crippen LogP contribution in [0.4, 0.5) is 0 Å². The summed E-state index contributed by atoms with van der Waals surface area (Å²) in [4.78, 5) is 15.8. The Morgan fingerprint density at radius 1 is 1.00 bits per heavy atom. The van der Waals surface area contributed by atoms with Crippen LogP contribution in [0.2, 0.25) is 0 Å². The molecule has 0 amide bonds. The number of nitrogens with zero attached hydrogens (tertiary/aromatic N) is 4. The fourth-order valence-corrected chi connectivity index (χ4v) is 3.33. The van der Waals surface area contributed by atoms with Crippen molar-refractivity contribution in [1.82, 2.24) is 19.9 Å². The third-order valence-corrected chi connectivity index (χ3v) is 5.37. The Labute approximate surface area is 190 Å². The minimum atomic E-state index is -0.393. The van der Waals surface area contributed by atoms with Crippen LogP contribution in [0, 0.1) is 0 Å². The van der Waals surface area contributed by atoms with Gasteiger partial charge in [-0.15, -0.1) is 15.0 Å². The number of phenols is 1. The standard InChI is InChI=1S/C25H34N4O3/c1-24(2,3)17-14-18(25(4,5)6)22(30)21(15-17)29-26-19-10-9-16(13-20(19)27-29)23(31)32-12-11-28(7)8/h9-10,13-15,30H,11-12H2,1-8H3. The molecule has 1 heterocycles. The van der Waals surface area contributed by atoms with E-state index >= 15 is 0 Å². The average molecular weight is 439 g/mol. The van der Waals surface area contributed by atoms with Gasteiger partial charge >= 0.3 is 5.97 Å². The maximum Gasteiger partial charge on any atom is 0.338 e. The molecule has 7 heteroatoms. The number of rotatable bonds is 5. The van der Waals surface area contributed by atoms with Crippen LogP contribution in [0.1, 0.15) is 63.0 Å². The van der Waals surface area contributed by atoms with Crippen LogP contribution in [0.3, 0.4) is 0 Å². The number of benzene rings is 2. The summed E-state index contributed by atoms with van der Waals surface area (Å²) in [5.74, 6) is -0.231. The van der Waals surface area contributed by atoms with Crippen molar-refractivity contribution in [3.63, 3.8) is 0 Å². The highest BCUT2D eigenvalue weighted by atomic mass is 16.5. The highest BCUT2D eigenvalue weighted by Gasteiger charge is 2.26. The second-order valence-corrected chi connectivity index (χ2v) is 10.5.